The van der Waals surface area contributed by atoms with E-state index in [0.717, 1.165) is 0 Å². The molecule has 3 N–H and O–H groups in total. The van der Waals surface area contributed by atoms with Crippen LogP contribution in [0.5, 0.6) is 0 Å². The second-order valence-electron chi connectivity index (χ2n) is 5.65. The Morgan fingerprint density at radius 3 is 2.85 bits per heavy atom. The molecule has 1 aromatic heterocycles. The van der Waals surface area contributed by atoms with Crippen molar-refractivity contribution in [1.29, 1.82) is 0 Å². The SMILES string of the molecule is NC(=NC(F)F)O[C@@H]1C[C@@H]1c1cc(NC(=O)c2ccccn2)ccc1F. The van der Waals surface area contributed by atoms with Gasteiger partial charge in [-0.15, -0.1) is 0 Å². The van der Waals surface area contributed by atoms with Crippen molar-refractivity contribution in [2.45, 2.75) is 25.0 Å². The summed E-state index contributed by atoms with van der Waals surface area (Å²) in [7, 11) is 0. The quantitative estimate of drug-likeness (QED) is 0.485. The maximum Gasteiger partial charge on any atom is 0.336 e. The number of carbonyl (C=O) groups excluding carboxylic acids is 1. The summed E-state index contributed by atoms with van der Waals surface area (Å²) < 4.78 is 43.4. The van der Waals surface area contributed by atoms with Gasteiger partial charge in [0.25, 0.3) is 11.9 Å². The van der Waals surface area contributed by atoms with Crippen LogP contribution in [0.25, 0.3) is 0 Å². The van der Waals surface area contributed by atoms with E-state index in [1.54, 1.807) is 18.2 Å². The monoisotopic (exact) mass is 364 g/mol. The maximum absolute atomic E-state index is 14.1. The Balaban J connectivity index is 1.68. The third kappa shape index (κ3) is 4.29. The summed E-state index contributed by atoms with van der Waals surface area (Å²) in [5.41, 5.74) is 6.16. The Kier molecular flexibility index (Phi) is 5.06. The van der Waals surface area contributed by atoms with Crippen molar-refractivity contribution in [2.24, 2.45) is 10.7 Å². The summed E-state index contributed by atoms with van der Waals surface area (Å²) in [6.07, 6.45) is 1.37. The molecule has 6 nitrogen and oxygen atoms in total. The van der Waals surface area contributed by atoms with Crippen LogP contribution >= 0.6 is 0 Å². The van der Waals surface area contributed by atoms with Gasteiger partial charge in [-0.05, 0) is 42.3 Å². The zero-order valence-electron chi connectivity index (χ0n) is 13.4. The van der Waals surface area contributed by atoms with E-state index in [4.69, 9.17) is 10.5 Å². The first-order valence-corrected chi connectivity index (χ1v) is 7.74. The van der Waals surface area contributed by atoms with Gasteiger partial charge in [-0.3, -0.25) is 9.78 Å². The zero-order valence-corrected chi connectivity index (χ0v) is 13.4. The number of carbonyl (C=O) groups is 1. The number of amidine groups is 1. The highest BCUT2D eigenvalue weighted by atomic mass is 19.3. The van der Waals surface area contributed by atoms with Crippen LogP contribution in [-0.2, 0) is 4.74 Å². The van der Waals surface area contributed by atoms with E-state index < -0.39 is 30.4 Å². The van der Waals surface area contributed by atoms with Gasteiger partial charge in [0.15, 0.2) is 0 Å². The molecule has 2 aromatic rings. The second-order valence-corrected chi connectivity index (χ2v) is 5.65. The summed E-state index contributed by atoms with van der Waals surface area (Å²) in [6, 6.07) is 8.39. The number of nitrogens with one attached hydrogen (secondary N) is 1. The Bertz CT molecular complexity index is 830. The van der Waals surface area contributed by atoms with Crippen LogP contribution in [0.15, 0.2) is 47.6 Å². The summed E-state index contributed by atoms with van der Waals surface area (Å²) in [6.45, 7) is -2.96. The van der Waals surface area contributed by atoms with Crippen molar-refractivity contribution in [1.82, 2.24) is 4.98 Å². The van der Waals surface area contributed by atoms with Crippen molar-refractivity contribution in [2.75, 3.05) is 5.32 Å². The molecular weight excluding hydrogens is 349 g/mol. The van der Waals surface area contributed by atoms with Crippen LogP contribution in [0.1, 0.15) is 28.4 Å². The van der Waals surface area contributed by atoms with E-state index in [1.165, 1.54) is 24.4 Å². The first-order valence-electron chi connectivity index (χ1n) is 7.74. The number of aromatic nitrogens is 1. The first kappa shape index (κ1) is 17.7. The van der Waals surface area contributed by atoms with E-state index in [2.05, 4.69) is 15.3 Å². The summed E-state index contributed by atoms with van der Waals surface area (Å²) in [5.74, 6) is -1.27. The molecule has 9 heteroatoms. The molecule has 26 heavy (non-hydrogen) atoms. The fraction of sp³-hybridized carbons (Fsp3) is 0.235. The molecule has 2 atom stereocenters. The summed E-state index contributed by atoms with van der Waals surface area (Å²) in [5, 5.41) is 2.63. The molecule has 1 aliphatic carbocycles. The van der Waals surface area contributed by atoms with Crippen molar-refractivity contribution in [3.63, 3.8) is 0 Å². The third-order valence-corrected chi connectivity index (χ3v) is 3.78. The number of nitrogens with two attached hydrogens (primary N) is 1. The van der Waals surface area contributed by atoms with Crippen molar-refractivity contribution < 1.29 is 22.7 Å². The summed E-state index contributed by atoms with van der Waals surface area (Å²) in [4.78, 5) is 18.8. The molecule has 0 saturated heterocycles. The molecule has 1 aromatic carbocycles. The number of hydrogen-bond acceptors (Lipinski definition) is 4. The highest BCUT2D eigenvalue weighted by Gasteiger charge is 2.43. The predicted molar refractivity (Wildman–Crippen MR) is 88.4 cm³/mol. The van der Waals surface area contributed by atoms with Gasteiger partial charge in [0.05, 0.1) is 0 Å². The Labute approximate surface area is 146 Å². The van der Waals surface area contributed by atoms with Gasteiger partial charge in [-0.25, -0.2) is 4.39 Å². The van der Waals surface area contributed by atoms with Crippen LogP contribution in [0.3, 0.4) is 0 Å². The number of aliphatic imine (C=N–C) groups is 1. The highest BCUT2D eigenvalue weighted by Crippen LogP contribution is 2.45. The van der Waals surface area contributed by atoms with E-state index in [0.29, 0.717) is 17.7 Å². The van der Waals surface area contributed by atoms with Crippen LogP contribution in [0.4, 0.5) is 18.9 Å². The Hall–Kier alpha value is -3.10. The summed E-state index contributed by atoms with van der Waals surface area (Å²) >= 11 is 0. The van der Waals surface area contributed by atoms with Crippen LogP contribution < -0.4 is 11.1 Å². The van der Waals surface area contributed by atoms with Crippen molar-refractivity contribution in [3.05, 3.63) is 59.7 Å². The maximum atomic E-state index is 14.1. The second kappa shape index (κ2) is 7.42. The molecule has 136 valence electrons. The van der Waals surface area contributed by atoms with Crippen LogP contribution in [0, 0.1) is 5.82 Å². The fourth-order valence-electron chi connectivity index (χ4n) is 2.51. The number of amides is 1. The number of alkyl halides is 2. The number of hydrogen-bond donors (Lipinski definition) is 2. The van der Waals surface area contributed by atoms with E-state index in [9.17, 15) is 18.0 Å². The average molecular weight is 364 g/mol. The number of rotatable bonds is 5. The molecular formula is C17H15F3N4O2. The minimum atomic E-state index is -2.96. The largest absolute Gasteiger partial charge is 0.461 e. The van der Waals surface area contributed by atoms with E-state index in [1.807, 2.05) is 0 Å². The molecule has 0 aliphatic heterocycles. The first-order chi connectivity index (χ1) is 12.4. The smallest absolute Gasteiger partial charge is 0.336 e. The number of benzene rings is 1. The number of nitrogens with zero attached hydrogens (tertiary/aromatic N) is 2. The lowest BCUT2D eigenvalue weighted by Gasteiger charge is -2.09. The van der Waals surface area contributed by atoms with Crippen LogP contribution in [0.2, 0.25) is 0 Å². The molecule has 1 heterocycles. The van der Waals surface area contributed by atoms with Crippen molar-refractivity contribution in [3.8, 4) is 0 Å². The number of halogens is 3. The van der Waals surface area contributed by atoms with Gasteiger partial charge in [0.1, 0.15) is 17.6 Å². The highest BCUT2D eigenvalue weighted by molar-refractivity contribution is 6.02. The molecule has 1 aliphatic rings. The zero-order chi connectivity index (χ0) is 18.7. The Morgan fingerprint density at radius 1 is 1.35 bits per heavy atom. The molecule has 1 saturated carbocycles. The van der Waals surface area contributed by atoms with Gasteiger partial charge >= 0.3 is 6.55 Å². The number of anilines is 1. The lowest BCUT2D eigenvalue weighted by Crippen LogP contribution is -2.19. The average Bonchev–Trinajstić information content (AvgIpc) is 3.35. The molecule has 0 unspecified atom stereocenters. The molecule has 1 fully saturated rings. The molecule has 0 radical (unpaired) electrons. The lowest BCUT2D eigenvalue weighted by molar-refractivity contribution is 0.102. The molecule has 1 amide bonds. The topological polar surface area (TPSA) is 89.6 Å². The van der Waals surface area contributed by atoms with E-state index in [-0.39, 0.29) is 11.6 Å². The molecule has 0 spiro atoms. The van der Waals surface area contributed by atoms with Gasteiger partial charge in [0.2, 0.25) is 0 Å². The number of pyridine rings is 1. The van der Waals surface area contributed by atoms with Gasteiger partial charge in [-0.2, -0.15) is 13.8 Å². The molecule has 0 bridgehead atoms. The fourth-order valence-corrected chi connectivity index (χ4v) is 2.51. The lowest BCUT2D eigenvalue weighted by atomic mass is 10.1. The van der Waals surface area contributed by atoms with Crippen molar-refractivity contribution >= 4 is 17.6 Å². The Morgan fingerprint density at radius 2 is 2.15 bits per heavy atom. The van der Waals surface area contributed by atoms with Gasteiger partial charge < -0.3 is 15.8 Å². The predicted octanol–water partition coefficient (Wildman–Crippen LogP) is 2.88. The minimum Gasteiger partial charge on any atom is -0.461 e. The van der Waals surface area contributed by atoms with Gasteiger partial charge in [-0.1, -0.05) is 6.07 Å². The third-order valence-electron chi connectivity index (χ3n) is 3.78. The van der Waals surface area contributed by atoms with Gasteiger partial charge in [0, 0.05) is 17.8 Å². The minimum absolute atomic E-state index is 0.224. The van der Waals surface area contributed by atoms with Crippen LogP contribution in [-0.4, -0.2) is 29.6 Å². The molecule has 3 rings (SSSR count). The normalized spacial score (nSPS) is 19.3. The number of ether oxygens (including phenoxy) is 1. The standard InChI is InChI=1S/C17H15F3N4O2/c18-12-5-4-9(23-15(25)13-3-1-2-6-22-13)7-10(12)11-8-14(11)26-17(21)24-16(19)20/h1-7,11,14,16H,8H2,(H2,21,24)(H,23,25)/t11-,14-/m1/s1. The van der Waals surface area contributed by atoms with E-state index >= 15 is 0 Å².